The Morgan fingerprint density at radius 3 is 1.90 bits per heavy atom. The molecule has 7 rings (SSSR count). The lowest BCUT2D eigenvalue weighted by Crippen LogP contribution is -2.10. The minimum Gasteiger partial charge on any atom is -0.310 e. The molecule has 0 aliphatic heterocycles. The van der Waals surface area contributed by atoms with Gasteiger partial charge in [-0.25, -0.2) is 0 Å². The Kier molecular flexibility index (Phi) is 5.94. The van der Waals surface area contributed by atoms with Crippen molar-refractivity contribution in [3.05, 3.63) is 157 Å². The van der Waals surface area contributed by atoms with Crippen molar-refractivity contribution >= 4 is 38.9 Å². The fourth-order valence-corrected chi connectivity index (χ4v) is 6.01. The van der Waals surface area contributed by atoms with Crippen molar-refractivity contribution in [1.82, 2.24) is 4.57 Å². The van der Waals surface area contributed by atoms with E-state index in [1.165, 1.54) is 44.1 Å². The highest BCUT2D eigenvalue weighted by atomic mass is 15.1. The summed E-state index contributed by atoms with van der Waals surface area (Å²) in [6.45, 7) is 4.40. The van der Waals surface area contributed by atoms with E-state index in [0.717, 1.165) is 22.7 Å². The van der Waals surface area contributed by atoms with Gasteiger partial charge in [0.25, 0.3) is 0 Å². The van der Waals surface area contributed by atoms with Crippen LogP contribution in [0.5, 0.6) is 0 Å². The van der Waals surface area contributed by atoms with Crippen LogP contribution in [0.25, 0.3) is 38.6 Å². The van der Waals surface area contributed by atoms with E-state index in [1.54, 1.807) is 0 Å². The molecule has 1 aromatic heterocycles. The Balaban J connectivity index is 1.50. The minimum absolute atomic E-state index is 1.13. The van der Waals surface area contributed by atoms with Crippen molar-refractivity contribution in [1.29, 1.82) is 0 Å². The molecule has 0 spiro atoms. The second-order valence-corrected chi connectivity index (χ2v) is 10.3. The summed E-state index contributed by atoms with van der Waals surface area (Å²) in [5.41, 5.74) is 12.1. The normalized spacial score (nSPS) is 11.2. The van der Waals surface area contributed by atoms with E-state index in [9.17, 15) is 0 Å². The number of nitrogens with zero attached hydrogens (tertiary/aromatic N) is 2. The maximum Gasteiger partial charge on any atom is 0.0562 e. The molecule has 2 nitrogen and oxygen atoms in total. The first-order valence-electron chi connectivity index (χ1n) is 13.8. The second-order valence-electron chi connectivity index (χ2n) is 10.3. The molecule has 2 heteroatoms. The Morgan fingerprint density at radius 1 is 0.475 bits per heavy atom. The number of para-hydroxylation sites is 3. The van der Waals surface area contributed by atoms with Gasteiger partial charge in [-0.15, -0.1) is 0 Å². The molecule has 0 N–H and O–H groups in total. The van der Waals surface area contributed by atoms with Crippen molar-refractivity contribution in [2.24, 2.45) is 0 Å². The highest BCUT2D eigenvalue weighted by molar-refractivity contribution is 6.16. The molecule has 0 aliphatic rings. The van der Waals surface area contributed by atoms with E-state index in [4.69, 9.17) is 0 Å². The van der Waals surface area contributed by atoms with Crippen LogP contribution in [0, 0.1) is 13.8 Å². The minimum atomic E-state index is 1.13. The van der Waals surface area contributed by atoms with Crippen molar-refractivity contribution in [2.45, 2.75) is 13.8 Å². The molecule has 0 unspecified atom stereocenters. The predicted octanol–water partition coefficient (Wildman–Crippen LogP) is 10.5. The molecule has 0 atom stereocenters. The highest BCUT2D eigenvalue weighted by Gasteiger charge is 2.21. The number of aryl methyl sites for hydroxylation is 2. The quantitative estimate of drug-likeness (QED) is 0.222. The number of anilines is 3. The summed E-state index contributed by atoms with van der Waals surface area (Å²) in [6, 6.07) is 52.2. The van der Waals surface area contributed by atoms with Crippen LogP contribution >= 0.6 is 0 Å². The van der Waals surface area contributed by atoms with Crippen LogP contribution in [0.1, 0.15) is 11.1 Å². The summed E-state index contributed by atoms with van der Waals surface area (Å²) in [5, 5.41) is 2.48. The lowest BCUT2D eigenvalue weighted by atomic mass is 9.96. The molecule has 0 saturated heterocycles. The largest absolute Gasteiger partial charge is 0.310 e. The molecular formula is C38H30N2. The first kappa shape index (κ1) is 24.0. The van der Waals surface area contributed by atoms with E-state index in [-0.39, 0.29) is 0 Å². The van der Waals surface area contributed by atoms with Gasteiger partial charge in [0, 0.05) is 27.8 Å². The first-order chi connectivity index (χ1) is 19.7. The molecular weight excluding hydrogens is 484 g/mol. The zero-order valence-electron chi connectivity index (χ0n) is 22.8. The number of rotatable bonds is 5. The fourth-order valence-electron chi connectivity index (χ4n) is 6.01. The summed E-state index contributed by atoms with van der Waals surface area (Å²) in [4.78, 5) is 2.40. The average molecular weight is 515 g/mol. The van der Waals surface area contributed by atoms with Gasteiger partial charge < -0.3 is 9.47 Å². The predicted molar refractivity (Wildman–Crippen MR) is 170 cm³/mol. The third-order valence-corrected chi connectivity index (χ3v) is 7.85. The summed E-state index contributed by atoms with van der Waals surface area (Å²) < 4.78 is 2.38. The highest BCUT2D eigenvalue weighted by Crippen LogP contribution is 2.44. The smallest absolute Gasteiger partial charge is 0.0562 e. The number of benzene rings is 6. The molecule has 0 bridgehead atoms. The molecule has 192 valence electrons. The maximum absolute atomic E-state index is 2.40. The monoisotopic (exact) mass is 514 g/mol. The zero-order valence-corrected chi connectivity index (χ0v) is 22.8. The molecule has 0 fully saturated rings. The van der Waals surface area contributed by atoms with E-state index < -0.39 is 0 Å². The number of hydrogen-bond acceptors (Lipinski definition) is 1. The van der Waals surface area contributed by atoms with E-state index in [0.29, 0.717) is 0 Å². The third kappa shape index (κ3) is 3.97. The lowest BCUT2D eigenvalue weighted by molar-refractivity contribution is 1.18. The van der Waals surface area contributed by atoms with E-state index >= 15 is 0 Å². The van der Waals surface area contributed by atoms with Gasteiger partial charge in [0.05, 0.1) is 16.7 Å². The summed E-state index contributed by atoms with van der Waals surface area (Å²) in [7, 11) is 0. The number of fused-ring (bicyclic) bond motifs is 3. The van der Waals surface area contributed by atoms with Crippen molar-refractivity contribution in [3.63, 3.8) is 0 Å². The molecule has 1 heterocycles. The van der Waals surface area contributed by atoms with Crippen LogP contribution in [0.4, 0.5) is 17.1 Å². The first-order valence-corrected chi connectivity index (χ1v) is 13.8. The van der Waals surface area contributed by atoms with Gasteiger partial charge in [-0.05, 0) is 90.7 Å². The van der Waals surface area contributed by atoms with Gasteiger partial charge in [0.15, 0.2) is 0 Å². The van der Waals surface area contributed by atoms with Gasteiger partial charge in [-0.1, -0.05) is 91.0 Å². The third-order valence-electron chi connectivity index (χ3n) is 7.85. The molecule has 7 aromatic rings. The van der Waals surface area contributed by atoms with Gasteiger partial charge in [-0.3, -0.25) is 0 Å². The summed E-state index contributed by atoms with van der Waals surface area (Å²) in [6.07, 6.45) is 0. The van der Waals surface area contributed by atoms with Crippen LogP contribution in [-0.2, 0) is 0 Å². The van der Waals surface area contributed by atoms with Gasteiger partial charge in [0.1, 0.15) is 0 Å². The molecule has 0 saturated carbocycles. The van der Waals surface area contributed by atoms with Crippen LogP contribution in [-0.4, -0.2) is 4.57 Å². The molecule has 6 aromatic carbocycles. The Hall–Kier alpha value is -5.08. The summed E-state index contributed by atoms with van der Waals surface area (Å²) in [5.74, 6) is 0. The standard InChI is InChI=1S/C38H30N2/c1-27-14-9-10-19-32(27)33-25-24-31(26-28(33)2)39(29-15-5-3-6-16-29)36-22-13-23-37-38(36)34-20-11-12-21-35(34)40(37)30-17-7-4-8-18-30/h3-26H,1-2H3. The molecule has 40 heavy (non-hydrogen) atoms. The van der Waals surface area contributed by atoms with E-state index in [2.05, 4.69) is 169 Å². The molecule has 0 radical (unpaired) electrons. The average Bonchev–Trinajstić information content (AvgIpc) is 3.34. The van der Waals surface area contributed by atoms with E-state index in [1.807, 2.05) is 0 Å². The topological polar surface area (TPSA) is 8.17 Å². The Labute approximate surface area is 235 Å². The van der Waals surface area contributed by atoms with Crippen LogP contribution in [0.2, 0.25) is 0 Å². The zero-order chi connectivity index (χ0) is 27.1. The lowest BCUT2D eigenvalue weighted by Gasteiger charge is -2.27. The number of hydrogen-bond donors (Lipinski definition) is 0. The van der Waals surface area contributed by atoms with Crippen LogP contribution in [0.15, 0.2) is 146 Å². The van der Waals surface area contributed by atoms with Crippen molar-refractivity contribution in [3.8, 4) is 16.8 Å². The Bertz CT molecular complexity index is 1970. The van der Waals surface area contributed by atoms with Gasteiger partial charge in [-0.2, -0.15) is 0 Å². The van der Waals surface area contributed by atoms with Crippen molar-refractivity contribution < 1.29 is 0 Å². The van der Waals surface area contributed by atoms with Crippen molar-refractivity contribution in [2.75, 3.05) is 4.90 Å². The summed E-state index contributed by atoms with van der Waals surface area (Å²) >= 11 is 0. The van der Waals surface area contributed by atoms with Gasteiger partial charge >= 0.3 is 0 Å². The second kappa shape index (κ2) is 9.91. The fraction of sp³-hybridized carbons (Fsp3) is 0.0526. The SMILES string of the molecule is Cc1ccccc1-c1ccc(N(c2ccccc2)c2cccc3c2c2ccccc2n3-c2ccccc2)cc1C. The molecule has 0 amide bonds. The molecule has 0 aliphatic carbocycles. The van der Waals surface area contributed by atoms with Crippen LogP contribution in [0.3, 0.4) is 0 Å². The van der Waals surface area contributed by atoms with Gasteiger partial charge in [0.2, 0.25) is 0 Å². The maximum atomic E-state index is 2.40. The Morgan fingerprint density at radius 2 is 1.12 bits per heavy atom. The number of aromatic nitrogens is 1. The van der Waals surface area contributed by atoms with Crippen LogP contribution < -0.4 is 4.90 Å².